The van der Waals surface area contributed by atoms with Gasteiger partial charge in [0.25, 0.3) is 0 Å². The van der Waals surface area contributed by atoms with Crippen LogP contribution in [0, 0.1) is 6.92 Å². The SMILES string of the molecule is Cc1nc(CCN)cs1.[Cl-]. The number of rotatable bonds is 2. The van der Waals surface area contributed by atoms with E-state index in [0.29, 0.717) is 6.54 Å². The summed E-state index contributed by atoms with van der Waals surface area (Å²) in [7, 11) is 0. The van der Waals surface area contributed by atoms with Crippen molar-refractivity contribution in [2.75, 3.05) is 6.54 Å². The molecular formula is C6H10ClN2S-. The molecule has 0 bridgehead atoms. The van der Waals surface area contributed by atoms with Crippen molar-refractivity contribution in [3.63, 3.8) is 0 Å². The molecule has 0 saturated carbocycles. The molecule has 58 valence electrons. The second-order valence-electron chi connectivity index (χ2n) is 1.90. The van der Waals surface area contributed by atoms with Gasteiger partial charge < -0.3 is 18.1 Å². The zero-order chi connectivity index (χ0) is 6.69. The predicted octanol–water partition coefficient (Wildman–Crippen LogP) is -2.04. The summed E-state index contributed by atoms with van der Waals surface area (Å²) in [5.41, 5.74) is 6.46. The maximum Gasteiger partial charge on any atom is 0.0897 e. The van der Waals surface area contributed by atoms with E-state index in [1.165, 1.54) is 0 Å². The highest BCUT2D eigenvalue weighted by Gasteiger charge is 1.93. The highest BCUT2D eigenvalue weighted by atomic mass is 35.5. The van der Waals surface area contributed by atoms with Crippen molar-refractivity contribution >= 4 is 11.3 Å². The smallest absolute Gasteiger partial charge is 0.0897 e. The number of nitrogens with zero attached hydrogens (tertiary/aromatic N) is 1. The lowest BCUT2D eigenvalue weighted by Gasteiger charge is -1.86. The summed E-state index contributed by atoms with van der Waals surface area (Å²) < 4.78 is 0. The molecule has 4 heteroatoms. The first-order valence-electron chi connectivity index (χ1n) is 2.94. The first-order chi connectivity index (χ1) is 4.33. The predicted molar refractivity (Wildman–Crippen MR) is 39.6 cm³/mol. The van der Waals surface area contributed by atoms with Crippen LogP contribution in [-0.2, 0) is 6.42 Å². The molecule has 0 aliphatic rings. The normalized spacial score (nSPS) is 9.00. The Morgan fingerprint density at radius 2 is 2.40 bits per heavy atom. The molecule has 0 spiro atoms. The first kappa shape index (κ1) is 9.88. The van der Waals surface area contributed by atoms with E-state index in [2.05, 4.69) is 10.4 Å². The average molecular weight is 178 g/mol. The van der Waals surface area contributed by atoms with Crippen molar-refractivity contribution in [2.24, 2.45) is 5.73 Å². The third kappa shape index (κ3) is 2.64. The van der Waals surface area contributed by atoms with Crippen LogP contribution >= 0.6 is 11.3 Å². The molecule has 1 aromatic rings. The Labute approximate surface area is 70.9 Å². The summed E-state index contributed by atoms with van der Waals surface area (Å²) in [6.07, 6.45) is 0.907. The molecule has 0 aliphatic heterocycles. The van der Waals surface area contributed by atoms with Gasteiger partial charge in [-0.2, -0.15) is 0 Å². The van der Waals surface area contributed by atoms with E-state index in [1.54, 1.807) is 11.3 Å². The Balaban J connectivity index is 0.000000810. The maximum absolute atomic E-state index is 5.33. The van der Waals surface area contributed by atoms with Crippen LogP contribution in [0.15, 0.2) is 5.38 Å². The van der Waals surface area contributed by atoms with Gasteiger partial charge in [-0.25, -0.2) is 4.98 Å². The van der Waals surface area contributed by atoms with Crippen LogP contribution in [0.4, 0.5) is 0 Å². The van der Waals surface area contributed by atoms with Gasteiger partial charge in [0.2, 0.25) is 0 Å². The molecule has 0 radical (unpaired) electrons. The fourth-order valence-electron chi connectivity index (χ4n) is 0.671. The molecule has 0 amide bonds. The highest BCUT2D eigenvalue weighted by Crippen LogP contribution is 2.07. The second-order valence-corrected chi connectivity index (χ2v) is 2.96. The fraction of sp³-hybridized carbons (Fsp3) is 0.500. The van der Waals surface area contributed by atoms with E-state index in [4.69, 9.17) is 5.73 Å². The van der Waals surface area contributed by atoms with Crippen LogP contribution in [0.2, 0.25) is 0 Å². The summed E-state index contributed by atoms with van der Waals surface area (Å²) in [6.45, 7) is 2.70. The van der Waals surface area contributed by atoms with Gasteiger partial charge in [-0.15, -0.1) is 11.3 Å². The fourth-order valence-corrected chi connectivity index (χ4v) is 1.32. The summed E-state index contributed by atoms with van der Waals surface area (Å²) in [6, 6.07) is 0. The van der Waals surface area contributed by atoms with Gasteiger partial charge in [-0.1, -0.05) is 0 Å². The molecule has 0 atom stereocenters. The molecule has 10 heavy (non-hydrogen) atoms. The van der Waals surface area contributed by atoms with Crippen molar-refractivity contribution < 1.29 is 12.4 Å². The Hall–Kier alpha value is -0.120. The van der Waals surface area contributed by atoms with Crippen LogP contribution < -0.4 is 18.1 Å². The van der Waals surface area contributed by atoms with Gasteiger partial charge in [0.05, 0.1) is 10.7 Å². The van der Waals surface area contributed by atoms with Crippen LogP contribution in [-0.4, -0.2) is 11.5 Å². The van der Waals surface area contributed by atoms with Crippen molar-refractivity contribution in [1.82, 2.24) is 4.98 Å². The maximum atomic E-state index is 5.33. The Kier molecular flexibility index (Phi) is 4.60. The lowest BCUT2D eigenvalue weighted by molar-refractivity contribution is -0.00000211. The molecule has 0 aliphatic carbocycles. The summed E-state index contributed by atoms with van der Waals surface area (Å²) in [5, 5.41) is 3.18. The molecule has 0 aromatic carbocycles. The Morgan fingerprint density at radius 1 is 1.70 bits per heavy atom. The molecule has 1 heterocycles. The molecule has 1 aromatic heterocycles. The van der Waals surface area contributed by atoms with Gasteiger partial charge in [0, 0.05) is 11.8 Å². The van der Waals surface area contributed by atoms with Gasteiger partial charge in [0.15, 0.2) is 0 Å². The molecule has 0 fully saturated rings. The summed E-state index contributed by atoms with van der Waals surface area (Å²) in [5.74, 6) is 0. The van der Waals surface area contributed by atoms with Crippen molar-refractivity contribution in [2.45, 2.75) is 13.3 Å². The number of hydrogen-bond donors (Lipinski definition) is 1. The quantitative estimate of drug-likeness (QED) is 0.566. The number of aromatic nitrogens is 1. The molecule has 2 nitrogen and oxygen atoms in total. The lowest BCUT2D eigenvalue weighted by Crippen LogP contribution is -3.00. The van der Waals surface area contributed by atoms with Crippen molar-refractivity contribution in [3.8, 4) is 0 Å². The van der Waals surface area contributed by atoms with E-state index in [1.807, 2.05) is 6.92 Å². The number of aryl methyl sites for hydroxylation is 1. The highest BCUT2D eigenvalue weighted by molar-refractivity contribution is 7.09. The van der Waals surface area contributed by atoms with Gasteiger partial charge in [-0.05, 0) is 13.5 Å². The van der Waals surface area contributed by atoms with Crippen LogP contribution in [0.1, 0.15) is 10.7 Å². The third-order valence-corrected chi connectivity index (χ3v) is 1.89. The number of hydrogen-bond acceptors (Lipinski definition) is 3. The van der Waals surface area contributed by atoms with Gasteiger partial charge in [0.1, 0.15) is 0 Å². The van der Waals surface area contributed by atoms with Crippen LogP contribution in [0.5, 0.6) is 0 Å². The number of halogens is 1. The molecule has 0 unspecified atom stereocenters. The number of nitrogens with two attached hydrogens (primary N) is 1. The monoisotopic (exact) mass is 177 g/mol. The molecule has 1 rings (SSSR count). The van der Waals surface area contributed by atoms with E-state index in [0.717, 1.165) is 17.1 Å². The van der Waals surface area contributed by atoms with E-state index in [9.17, 15) is 0 Å². The van der Waals surface area contributed by atoms with Crippen molar-refractivity contribution in [3.05, 3.63) is 16.1 Å². The Morgan fingerprint density at radius 3 is 2.80 bits per heavy atom. The molecule has 0 saturated heterocycles. The summed E-state index contributed by atoms with van der Waals surface area (Å²) in [4.78, 5) is 4.24. The van der Waals surface area contributed by atoms with E-state index in [-0.39, 0.29) is 12.4 Å². The second kappa shape index (κ2) is 4.66. The zero-order valence-electron chi connectivity index (χ0n) is 5.80. The minimum absolute atomic E-state index is 0. The zero-order valence-corrected chi connectivity index (χ0v) is 7.37. The van der Waals surface area contributed by atoms with Crippen LogP contribution in [0.25, 0.3) is 0 Å². The minimum atomic E-state index is 0. The van der Waals surface area contributed by atoms with Gasteiger partial charge in [-0.3, -0.25) is 0 Å². The minimum Gasteiger partial charge on any atom is -1.00 e. The molecular weight excluding hydrogens is 168 g/mol. The largest absolute Gasteiger partial charge is 1.00 e. The van der Waals surface area contributed by atoms with E-state index < -0.39 is 0 Å². The summed E-state index contributed by atoms with van der Waals surface area (Å²) >= 11 is 1.68. The topological polar surface area (TPSA) is 38.9 Å². The standard InChI is InChI=1S/C6H10N2S.ClH/c1-5-8-6(2-3-7)4-9-5;/h4H,2-3,7H2,1H3;1H/p-1. The Bertz CT molecular complexity index is 188. The van der Waals surface area contributed by atoms with E-state index >= 15 is 0 Å². The lowest BCUT2D eigenvalue weighted by atomic mass is 10.3. The third-order valence-electron chi connectivity index (χ3n) is 1.07. The van der Waals surface area contributed by atoms with Crippen molar-refractivity contribution in [1.29, 1.82) is 0 Å². The average Bonchev–Trinajstić information content (AvgIpc) is 2.17. The van der Waals surface area contributed by atoms with Crippen LogP contribution in [0.3, 0.4) is 0 Å². The first-order valence-corrected chi connectivity index (χ1v) is 3.82. The molecule has 2 N–H and O–H groups in total. The van der Waals surface area contributed by atoms with Gasteiger partial charge >= 0.3 is 0 Å². The number of thiazole rings is 1.